The van der Waals surface area contributed by atoms with Crippen molar-refractivity contribution in [2.45, 2.75) is 0 Å². The molecular weight excluding hydrogens is 272 g/mol. The maximum absolute atomic E-state index is 6.05. The zero-order valence-corrected chi connectivity index (χ0v) is 11.9. The summed E-state index contributed by atoms with van der Waals surface area (Å²) in [6.07, 6.45) is 0. The number of nitrogens with zero attached hydrogens (tertiary/aromatic N) is 1. The topological polar surface area (TPSA) is 48.1 Å². The molecule has 4 heteroatoms. The highest BCUT2D eigenvalue weighted by molar-refractivity contribution is 5.89. The van der Waals surface area contributed by atoms with E-state index >= 15 is 0 Å². The number of pyridine rings is 1. The van der Waals surface area contributed by atoms with Crippen LogP contribution in [0.3, 0.4) is 0 Å². The van der Waals surface area contributed by atoms with Crippen molar-refractivity contribution < 1.29 is 4.74 Å². The summed E-state index contributed by atoms with van der Waals surface area (Å²) < 4.78 is 5.24. The molecule has 0 unspecified atom stereocenters. The zero-order chi connectivity index (χ0) is 13.2. The molecule has 0 amide bonds. The number of rotatable bonds is 2. The van der Waals surface area contributed by atoms with Gasteiger partial charge in [-0.25, -0.2) is 4.98 Å². The molecule has 0 saturated heterocycles. The van der Waals surface area contributed by atoms with E-state index in [1.54, 1.807) is 7.11 Å². The lowest BCUT2D eigenvalue weighted by atomic mass is 10.0. The Morgan fingerprint density at radius 2 is 1.75 bits per heavy atom. The molecule has 2 aromatic carbocycles. The number of ether oxygens (including phenoxy) is 1. The van der Waals surface area contributed by atoms with Gasteiger partial charge in [-0.15, -0.1) is 12.4 Å². The third-order valence-electron chi connectivity index (χ3n) is 3.14. The van der Waals surface area contributed by atoms with Crippen molar-refractivity contribution >= 4 is 29.1 Å². The van der Waals surface area contributed by atoms with Crippen LogP contribution in [0.4, 0.5) is 5.82 Å². The molecule has 0 radical (unpaired) electrons. The lowest BCUT2D eigenvalue weighted by Crippen LogP contribution is -1.95. The molecule has 3 nitrogen and oxygen atoms in total. The Morgan fingerprint density at radius 3 is 2.45 bits per heavy atom. The first kappa shape index (κ1) is 14.2. The fourth-order valence-corrected chi connectivity index (χ4v) is 2.15. The van der Waals surface area contributed by atoms with Crippen molar-refractivity contribution in [3.05, 3.63) is 54.6 Å². The number of nitrogen functional groups attached to an aromatic ring is 1. The molecule has 1 aromatic heterocycles. The number of anilines is 1. The van der Waals surface area contributed by atoms with E-state index in [1.807, 2.05) is 48.5 Å². The second-order valence-electron chi connectivity index (χ2n) is 4.35. The molecule has 0 atom stereocenters. The normalized spacial score (nSPS) is 10.1. The fourth-order valence-electron chi connectivity index (χ4n) is 2.15. The highest BCUT2D eigenvalue weighted by Gasteiger charge is 2.06. The van der Waals surface area contributed by atoms with E-state index in [0.29, 0.717) is 5.82 Å². The van der Waals surface area contributed by atoms with Crippen LogP contribution in [-0.4, -0.2) is 12.1 Å². The van der Waals surface area contributed by atoms with Crippen molar-refractivity contribution in [3.8, 4) is 16.9 Å². The van der Waals surface area contributed by atoms with Crippen LogP contribution in [0.25, 0.3) is 22.0 Å². The minimum Gasteiger partial charge on any atom is -0.497 e. The number of halogens is 1. The Balaban J connectivity index is 0.00000147. The first-order chi connectivity index (χ1) is 9.28. The maximum Gasteiger partial charge on any atom is 0.131 e. The highest BCUT2D eigenvalue weighted by atomic mass is 35.5. The summed E-state index contributed by atoms with van der Waals surface area (Å²) in [5.41, 5.74) is 8.93. The summed E-state index contributed by atoms with van der Waals surface area (Å²) in [5, 5.41) is 1.02. The van der Waals surface area contributed by atoms with Gasteiger partial charge in [-0.2, -0.15) is 0 Å². The van der Waals surface area contributed by atoms with Crippen LogP contribution in [0.1, 0.15) is 0 Å². The Kier molecular flexibility index (Phi) is 4.11. The second kappa shape index (κ2) is 5.80. The summed E-state index contributed by atoms with van der Waals surface area (Å²) >= 11 is 0. The van der Waals surface area contributed by atoms with Crippen molar-refractivity contribution in [3.63, 3.8) is 0 Å². The zero-order valence-electron chi connectivity index (χ0n) is 11.0. The van der Waals surface area contributed by atoms with Gasteiger partial charge in [0.15, 0.2) is 0 Å². The quantitative estimate of drug-likeness (QED) is 0.777. The van der Waals surface area contributed by atoms with Crippen molar-refractivity contribution in [1.82, 2.24) is 4.98 Å². The van der Waals surface area contributed by atoms with Gasteiger partial charge in [0.2, 0.25) is 0 Å². The van der Waals surface area contributed by atoms with Crippen LogP contribution in [0.15, 0.2) is 54.6 Å². The standard InChI is InChI=1S/C16H14N2O.ClH/c1-19-13-7-8-15-12(9-13)10-14(16(17)18-15)11-5-3-2-4-6-11;/h2-10H,1H3,(H2,17,18);1H. The molecule has 102 valence electrons. The monoisotopic (exact) mass is 286 g/mol. The summed E-state index contributed by atoms with van der Waals surface area (Å²) in [7, 11) is 1.66. The van der Waals surface area contributed by atoms with E-state index in [2.05, 4.69) is 11.1 Å². The Labute approximate surface area is 123 Å². The maximum atomic E-state index is 6.05. The molecule has 1 heterocycles. The van der Waals surface area contributed by atoms with Crippen LogP contribution < -0.4 is 10.5 Å². The largest absolute Gasteiger partial charge is 0.497 e. The van der Waals surface area contributed by atoms with Crippen LogP contribution in [0.5, 0.6) is 5.75 Å². The fraction of sp³-hybridized carbons (Fsp3) is 0.0625. The lowest BCUT2D eigenvalue weighted by molar-refractivity contribution is 0.415. The van der Waals surface area contributed by atoms with Crippen LogP contribution >= 0.6 is 12.4 Å². The number of aromatic nitrogens is 1. The van der Waals surface area contributed by atoms with Gasteiger partial charge in [0.1, 0.15) is 11.6 Å². The summed E-state index contributed by atoms with van der Waals surface area (Å²) in [6.45, 7) is 0. The van der Waals surface area contributed by atoms with Crippen LogP contribution in [0, 0.1) is 0 Å². The highest BCUT2D eigenvalue weighted by Crippen LogP contribution is 2.29. The SMILES string of the molecule is COc1ccc2nc(N)c(-c3ccccc3)cc2c1.Cl. The summed E-state index contributed by atoms with van der Waals surface area (Å²) in [4.78, 5) is 4.45. The van der Waals surface area contributed by atoms with Gasteiger partial charge in [-0.3, -0.25) is 0 Å². The van der Waals surface area contributed by atoms with Gasteiger partial charge < -0.3 is 10.5 Å². The predicted octanol–water partition coefficient (Wildman–Crippen LogP) is 3.91. The first-order valence-electron chi connectivity index (χ1n) is 6.07. The predicted molar refractivity (Wildman–Crippen MR) is 85.4 cm³/mol. The number of hydrogen-bond acceptors (Lipinski definition) is 3. The smallest absolute Gasteiger partial charge is 0.131 e. The molecule has 0 saturated carbocycles. The van der Waals surface area contributed by atoms with E-state index in [-0.39, 0.29) is 12.4 Å². The minimum absolute atomic E-state index is 0. The van der Waals surface area contributed by atoms with Gasteiger partial charge in [-0.05, 0) is 29.8 Å². The summed E-state index contributed by atoms with van der Waals surface area (Å²) in [6, 6.07) is 17.8. The second-order valence-corrected chi connectivity index (χ2v) is 4.35. The molecular formula is C16H15ClN2O. The number of nitrogens with two attached hydrogens (primary N) is 1. The number of hydrogen-bond donors (Lipinski definition) is 1. The van der Waals surface area contributed by atoms with E-state index in [4.69, 9.17) is 10.5 Å². The van der Waals surface area contributed by atoms with Gasteiger partial charge in [0.05, 0.1) is 12.6 Å². The molecule has 0 aliphatic rings. The van der Waals surface area contributed by atoms with Crippen molar-refractivity contribution in [2.24, 2.45) is 0 Å². The van der Waals surface area contributed by atoms with E-state index < -0.39 is 0 Å². The molecule has 0 bridgehead atoms. The minimum atomic E-state index is 0. The molecule has 2 N–H and O–H groups in total. The van der Waals surface area contributed by atoms with Gasteiger partial charge >= 0.3 is 0 Å². The Hall–Kier alpha value is -2.26. The van der Waals surface area contributed by atoms with E-state index in [0.717, 1.165) is 27.8 Å². The average molecular weight is 287 g/mol. The molecule has 0 spiro atoms. The number of methoxy groups -OCH3 is 1. The molecule has 20 heavy (non-hydrogen) atoms. The Bertz CT molecular complexity index is 729. The van der Waals surface area contributed by atoms with Crippen molar-refractivity contribution in [2.75, 3.05) is 12.8 Å². The van der Waals surface area contributed by atoms with Crippen molar-refractivity contribution in [1.29, 1.82) is 0 Å². The molecule has 0 aliphatic carbocycles. The number of benzene rings is 2. The molecule has 3 rings (SSSR count). The third-order valence-corrected chi connectivity index (χ3v) is 3.14. The number of fused-ring (bicyclic) bond motifs is 1. The van der Waals surface area contributed by atoms with E-state index in [1.165, 1.54) is 0 Å². The first-order valence-corrected chi connectivity index (χ1v) is 6.07. The van der Waals surface area contributed by atoms with Crippen LogP contribution in [0.2, 0.25) is 0 Å². The summed E-state index contributed by atoms with van der Waals surface area (Å²) in [5.74, 6) is 1.36. The molecule has 3 aromatic rings. The Morgan fingerprint density at radius 1 is 1.00 bits per heavy atom. The third kappa shape index (κ3) is 2.53. The van der Waals surface area contributed by atoms with Gasteiger partial charge in [0.25, 0.3) is 0 Å². The molecule has 0 aliphatic heterocycles. The van der Waals surface area contributed by atoms with Gasteiger partial charge in [0, 0.05) is 10.9 Å². The lowest BCUT2D eigenvalue weighted by Gasteiger charge is -2.08. The van der Waals surface area contributed by atoms with E-state index in [9.17, 15) is 0 Å². The van der Waals surface area contributed by atoms with Crippen LogP contribution in [-0.2, 0) is 0 Å². The van der Waals surface area contributed by atoms with Gasteiger partial charge in [-0.1, -0.05) is 30.3 Å². The molecule has 0 fully saturated rings. The average Bonchev–Trinajstić information content (AvgIpc) is 2.47.